The van der Waals surface area contributed by atoms with Gasteiger partial charge < -0.3 is 10.1 Å². The summed E-state index contributed by atoms with van der Waals surface area (Å²) in [5.41, 5.74) is 0.656. The zero-order valence-electron chi connectivity index (χ0n) is 10.1. The van der Waals surface area contributed by atoms with E-state index in [1.54, 1.807) is 6.07 Å². The first-order chi connectivity index (χ1) is 8.58. The van der Waals surface area contributed by atoms with Crippen LogP contribution in [0, 0.1) is 5.92 Å². The van der Waals surface area contributed by atoms with Gasteiger partial charge in [-0.15, -0.1) is 0 Å². The molecule has 0 bridgehead atoms. The van der Waals surface area contributed by atoms with E-state index in [9.17, 15) is 4.79 Å². The van der Waals surface area contributed by atoms with Crippen LogP contribution in [0.4, 0.5) is 0 Å². The Hall–Kier alpha value is -0.390. The molecular weight excluding hydrogens is 362 g/mol. The Morgan fingerprint density at radius 1 is 1.50 bits per heavy atom. The summed E-state index contributed by atoms with van der Waals surface area (Å²) >= 11 is 6.78. The standard InChI is InChI=1S/C13H15Br2NO2/c1-8(9-4-5-18-7-9)16-13(17)11-3-2-10(14)6-12(11)15/h2-3,6,8-9H,4-5,7H2,1H3,(H,16,17). The molecule has 18 heavy (non-hydrogen) atoms. The molecule has 0 aromatic heterocycles. The van der Waals surface area contributed by atoms with Gasteiger partial charge in [-0.2, -0.15) is 0 Å². The minimum Gasteiger partial charge on any atom is -0.381 e. The average Bonchev–Trinajstić information content (AvgIpc) is 2.81. The predicted molar refractivity (Wildman–Crippen MR) is 77.7 cm³/mol. The fourth-order valence-corrected chi connectivity index (χ4v) is 3.25. The van der Waals surface area contributed by atoms with Crippen molar-refractivity contribution in [3.05, 3.63) is 32.7 Å². The van der Waals surface area contributed by atoms with Crippen molar-refractivity contribution in [2.45, 2.75) is 19.4 Å². The van der Waals surface area contributed by atoms with Gasteiger partial charge in [0.2, 0.25) is 0 Å². The van der Waals surface area contributed by atoms with E-state index in [1.807, 2.05) is 19.1 Å². The van der Waals surface area contributed by atoms with Crippen LogP contribution < -0.4 is 5.32 Å². The first-order valence-corrected chi connectivity index (χ1v) is 7.50. The third-order valence-corrected chi connectivity index (χ3v) is 4.36. The molecule has 3 nitrogen and oxygen atoms in total. The number of halogens is 2. The summed E-state index contributed by atoms with van der Waals surface area (Å²) in [6, 6.07) is 5.68. The maximum Gasteiger partial charge on any atom is 0.252 e. The third kappa shape index (κ3) is 3.33. The van der Waals surface area contributed by atoms with Gasteiger partial charge in [0.05, 0.1) is 12.2 Å². The lowest BCUT2D eigenvalue weighted by molar-refractivity contribution is 0.0921. The Balaban J connectivity index is 2.02. The monoisotopic (exact) mass is 375 g/mol. The van der Waals surface area contributed by atoms with Crippen molar-refractivity contribution >= 4 is 37.8 Å². The number of carbonyl (C=O) groups is 1. The zero-order valence-corrected chi connectivity index (χ0v) is 13.3. The smallest absolute Gasteiger partial charge is 0.252 e. The average molecular weight is 377 g/mol. The maximum atomic E-state index is 12.1. The SMILES string of the molecule is CC(NC(=O)c1ccc(Br)cc1Br)C1CCOC1. The molecule has 2 atom stereocenters. The maximum absolute atomic E-state index is 12.1. The van der Waals surface area contributed by atoms with Gasteiger partial charge in [-0.25, -0.2) is 0 Å². The highest BCUT2D eigenvalue weighted by atomic mass is 79.9. The van der Waals surface area contributed by atoms with E-state index >= 15 is 0 Å². The van der Waals surface area contributed by atoms with Gasteiger partial charge in [-0.3, -0.25) is 4.79 Å². The van der Waals surface area contributed by atoms with Gasteiger partial charge in [-0.1, -0.05) is 15.9 Å². The van der Waals surface area contributed by atoms with Crippen LogP contribution >= 0.6 is 31.9 Å². The molecule has 1 aromatic rings. The Bertz CT molecular complexity index is 445. The van der Waals surface area contributed by atoms with E-state index in [2.05, 4.69) is 37.2 Å². The summed E-state index contributed by atoms with van der Waals surface area (Å²) in [4.78, 5) is 12.1. The van der Waals surface area contributed by atoms with E-state index in [1.165, 1.54) is 0 Å². The molecule has 98 valence electrons. The summed E-state index contributed by atoms with van der Waals surface area (Å²) in [5, 5.41) is 3.03. The van der Waals surface area contributed by atoms with Crippen LogP contribution in [0.1, 0.15) is 23.7 Å². The molecule has 1 fully saturated rings. The molecule has 1 N–H and O–H groups in total. The molecule has 0 spiro atoms. The highest BCUT2D eigenvalue weighted by Crippen LogP contribution is 2.23. The second-order valence-corrected chi connectivity index (χ2v) is 6.28. The normalized spacial score (nSPS) is 20.7. The summed E-state index contributed by atoms with van der Waals surface area (Å²) in [6.45, 7) is 3.57. The molecule has 1 aliphatic rings. The topological polar surface area (TPSA) is 38.3 Å². The Morgan fingerprint density at radius 3 is 2.89 bits per heavy atom. The molecule has 1 saturated heterocycles. The van der Waals surface area contributed by atoms with Gasteiger partial charge in [0.1, 0.15) is 0 Å². The first kappa shape index (κ1) is 14.0. The van der Waals surface area contributed by atoms with Crippen LogP contribution in [-0.2, 0) is 4.74 Å². The summed E-state index contributed by atoms with van der Waals surface area (Å²) < 4.78 is 7.08. The Kier molecular flexibility index (Phi) is 4.81. The summed E-state index contributed by atoms with van der Waals surface area (Å²) in [7, 11) is 0. The van der Waals surface area contributed by atoms with Crippen LogP contribution in [-0.4, -0.2) is 25.2 Å². The molecule has 1 aliphatic heterocycles. The molecule has 0 radical (unpaired) electrons. The zero-order chi connectivity index (χ0) is 13.1. The van der Waals surface area contributed by atoms with Gasteiger partial charge in [0.25, 0.3) is 5.91 Å². The molecule has 1 aromatic carbocycles. The minimum absolute atomic E-state index is 0.0474. The van der Waals surface area contributed by atoms with Crippen LogP contribution in [0.2, 0.25) is 0 Å². The van der Waals surface area contributed by atoms with Crippen molar-refractivity contribution in [3.8, 4) is 0 Å². The van der Waals surface area contributed by atoms with Crippen molar-refractivity contribution in [1.29, 1.82) is 0 Å². The lowest BCUT2D eigenvalue weighted by Crippen LogP contribution is -2.38. The molecular formula is C13H15Br2NO2. The van der Waals surface area contributed by atoms with Crippen LogP contribution in [0.25, 0.3) is 0 Å². The van der Waals surface area contributed by atoms with Crippen molar-refractivity contribution in [1.82, 2.24) is 5.32 Å². The second kappa shape index (κ2) is 6.17. The fraction of sp³-hybridized carbons (Fsp3) is 0.462. The van der Waals surface area contributed by atoms with Crippen LogP contribution in [0.3, 0.4) is 0 Å². The van der Waals surface area contributed by atoms with Crippen molar-refractivity contribution in [2.24, 2.45) is 5.92 Å². The predicted octanol–water partition coefficient (Wildman–Crippen LogP) is 3.37. The van der Waals surface area contributed by atoms with Crippen molar-refractivity contribution in [2.75, 3.05) is 13.2 Å². The number of amides is 1. The largest absolute Gasteiger partial charge is 0.381 e. The minimum atomic E-state index is -0.0474. The lowest BCUT2D eigenvalue weighted by atomic mass is 10.0. The number of ether oxygens (including phenoxy) is 1. The number of hydrogen-bond donors (Lipinski definition) is 1. The number of nitrogens with one attached hydrogen (secondary N) is 1. The Morgan fingerprint density at radius 2 is 2.28 bits per heavy atom. The van der Waals surface area contributed by atoms with Crippen molar-refractivity contribution in [3.63, 3.8) is 0 Å². The molecule has 0 saturated carbocycles. The molecule has 2 rings (SSSR count). The molecule has 0 aliphatic carbocycles. The van der Waals surface area contributed by atoms with E-state index in [4.69, 9.17) is 4.74 Å². The quantitative estimate of drug-likeness (QED) is 0.878. The van der Waals surface area contributed by atoms with Gasteiger partial charge >= 0.3 is 0 Å². The number of carbonyl (C=O) groups excluding carboxylic acids is 1. The number of rotatable bonds is 3. The molecule has 5 heteroatoms. The number of benzene rings is 1. The van der Waals surface area contributed by atoms with E-state index < -0.39 is 0 Å². The highest BCUT2D eigenvalue weighted by molar-refractivity contribution is 9.11. The van der Waals surface area contributed by atoms with E-state index in [0.717, 1.165) is 28.6 Å². The second-order valence-electron chi connectivity index (χ2n) is 4.51. The first-order valence-electron chi connectivity index (χ1n) is 5.91. The van der Waals surface area contributed by atoms with Crippen molar-refractivity contribution < 1.29 is 9.53 Å². The van der Waals surface area contributed by atoms with Gasteiger partial charge in [0, 0.05) is 27.5 Å². The van der Waals surface area contributed by atoms with Gasteiger partial charge in [0.15, 0.2) is 0 Å². The summed E-state index contributed by atoms with van der Waals surface area (Å²) in [6.07, 6.45) is 1.02. The lowest BCUT2D eigenvalue weighted by Gasteiger charge is -2.19. The Labute approximate surface area is 124 Å². The fourth-order valence-electron chi connectivity index (χ4n) is 2.02. The van der Waals surface area contributed by atoms with Crippen LogP contribution in [0.5, 0.6) is 0 Å². The van der Waals surface area contributed by atoms with E-state index in [-0.39, 0.29) is 11.9 Å². The molecule has 1 amide bonds. The molecule has 1 heterocycles. The van der Waals surface area contributed by atoms with Crippen LogP contribution in [0.15, 0.2) is 27.1 Å². The highest BCUT2D eigenvalue weighted by Gasteiger charge is 2.24. The summed E-state index contributed by atoms with van der Waals surface area (Å²) in [5.74, 6) is 0.372. The molecule has 2 unspecified atom stereocenters. The third-order valence-electron chi connectivity index (χ3n) is 3.21. The van der Waals surface area contributed by atoms with E-state index in [0.29, 0.717) is 11.5 Å². The van der Waals surface area contributed by atoms with Gasteiger partial charge in [-0.05, 0) is 47.5 Å². The number of hydrogen-bond acceptors (Lipinski definition) is 2.